The van der Waals surface area contributed by atoms with Gasteiger partial charge in [0.1, 0.15) is 0 Å². The van der Waals surface area contributed by atoms with Gasteiger partial charge in [-0.3, -0.25) is 9.69 Å². The maximum Gasteiger partial charge on any atom is 0.291 e. The van der Waals surface area contributed by atoms with Gasteiger partial charge in [-0.1, -0.05) is 26.0 Å². The van der Waals surface area contributed by atoms with Gasteiger partial charge < -0.3 is 38.7 Å². The van der Waals surface area contributed by atoms with Crippen molar-refractivity contribution in [3.63, 3.8) is 0 Å². The number of anilines is 2. The second kappa shape index (κ2) is 12.7. The first kappa shape index (κ1) is 29.2. The van der Waals surface area contributed by atoms with E-state index in [4.69, 9.17) is 28.1 Å². The number of fused-ring (bicyclic) bond motifs is 1. The Bertz CT molecular complexity index is 1420. The average molecular weight is 580 g/mol. The van der Waals surface area contributed by atoms with E-state index in [0.29, 0.717) is 24.0 Å². The molecule has 0 unspecified atom stereocenters. The van der Waals surface area contributed by atoms with Crippen LogP contribution >= 0.6 is 0 Å². The zero-order valence-corrected chi connectivity index (χ0v) is 24.6. The summed E-state index contributed by atoms with van der Waals surface area (Å²) in [6, 6.07) is 6.94. The summed E-state index contributed by atoms with van der Waals surface area (Å²) in [7, 11) is 4.49. The van der Waals surface area contributed by atoms with E-state index in [1.54, 1.807) is 13.2 Å². The van der Waals surface area contributed by atoms with Crippen molar-refractivity contribution in [2.75, 3.05) is 71.4 Å². The molecule has 3 aromatic rings. The van der Waals surface area contributed by atoms with Gasteiger partial charge in [-0.15, -0.1) is 0 Å². The summed E-state index contributed by atoms with van der Waals surface area (Å²) in [5.41, 5.74) is 2.22. The van der Waals surface area contributed by atoms with Gasteiger partial charge in [-0.05, 0) is 42.3 Å². The van der Waals surface area contributed by atoms with E-state index in [0.717, 1.165) is 50.4 Å². The fourth-order valence-electron chi connectivity index (χ4n) is 4.91. The Kier molecular flexibility index (Phi) is 8.83. The topological polar surface area (TPSA) is 129 Å². The predicted octanol–water partition coefficient (Wildman–Crippen LogP) is 4.58. The lowest BCUT2D eigenvalue weighted by Gasteiger charge is -2.26. The van der Waals surface area contributed by atoms with Gasteiger partial charge in [0, 0.05) is 31.1 Å². The van der Waals surface area contributed by atoms with Crippen molar-refractivity contribution >= 4 is 23.6 Å². The van der Waals surface area contributed by atoms with Gasteiger partial charge in [-0.2, -0.15) is 9.97 Å². The Balaban J connectivity index is 1.25. The SMILES string of the molecule is COc1cc2c(cc1Oc1ccc(C(=O)Nc3c(OC)nc(NCCCN4CCOCC4)nc3OC)o1)C(C)(C)C=C2. The number of rotatable bonds is 12. The number of benzene rings is 1. The van der Waals surface area contributed by atoms with E-state index in [1.165, 1.54) is 20.3 Å². The van der Waals surface area contributed by atoms with Crippen LogP contribution in [0.5, 0.6) is 29.2 Å². The Morgan fingerprint density at radius 1 is 1.02 bits per heavy atom. The van der Waals surface area contributed by atoms with E-state index in [1.807, 2.05) is 12.1 Å². The zero-order valence-electron chi connectivity index (χ0n) is 24.6. The molecule has 3 heterocycles. The molecule has 224 valence electrons. The van der Waals surface area contributed by atoms with Crippen LogP contribution in [0, 0.1) is 0 Å². The van der Waals surface area contributed by atoms with Crippen LogP contribution in [0.25, 0.3) is 6.08 Å². The number of hydrogen-bond donors (Lipinski definition) is 2. The number of ether oxygens (including phenoxy) is 5. The highest BCUT2D eigenvalue weighted by Gasteiger charge is 2.28. The normalized spacial score (nSPS) is 15.6. The van der Waals surface area contributed by atoms with E-state index in [9.17, 15) is 4.79 Å². The van der Waals surface area contributed by atoms with Crippen LogP contribution in [0.1, 0.15) is 41.9 Å². The molecule has 1 aliphatic carbocycles. The molecule has 5 rings (SSSR count). The van der Waals surface area contributed by atoms with Crippen LogP contribution in [0.2, 0.25) is 0 Å². The Hall–Kier alpha value is -4.29. The molecule has 12 heteroatoms. The van der Waals surface area contributed by atoms with Crippen molar-refractivity contribution in [2.24, 2.45) is 0 Å². The molecule has 0 saturated carbocycles. The van der Waals surface area contributed by atoms with Gasteiger partial charge in [0.05, 0.1) is 34.5 Å². The highest BCUT2D eigenvalue weighted by atomic mass is 16.6. The number of hydrogen-bond acceptors (Lipinski definition) is 11. The summed E-state index contributed by atoms with van der Waals surface area (Å²) in [6.45, 7) is 9.28. The molecule has 1 saturated heterocycles. The van der Waals surface area contributed by atoms with Gasteiger partial charge in [0.25, 0.3) is 11.9 Å². The minimum atomic E-state index is -0.553. The largest absolute Gasteiger partial charge is 0.493 e. The van der Waals surface area contributed by atoms with Crippen LogP contribution in [-0.2, 0) is 10.2 Å². The molecule has 0 atom stereocenters. The third-order valence-electron chi connectivity index (χ3n) is 7.23. The number of amides is 1. The van der Waals surface area contributed by atoms with E-state index in [2.05, 4.69) is 51.5 Å². The molecule has 1 amide bonds. The van der Waals surface area contributed by atoms with Crippen molar-refractivity contribution in [3.8, 4) is 29.2 Å². The summed E-state index contributed by atoms with van der Waals surface area (Å²) < 4.78 is 33.5. The van der Waals surface area contributed by atoms with Crippen LogP contribution in [-0.4, -0.2) is 81.5 Å². The number of morpholine rings is 1. The predicted molar refractivity (Wildman–Crippen MR) is 157 cm³/mol. The molecule has 2 aliphatic rings. The molecule has 0 spiro atoms. The van der Waals surface area contributed by atoms with Crippen molar-refractivity contribution in [1.82, 2.24) is 14.9 Å². The number of nitrogens with zero attached hydrogens (tertiary/aromatic N) is 3. The summed E-state index contributed by atoms with van der Waals surface area (Å²) in [6.07, 6.45) is 5.11. The second-order valence-electron chi connectivity index (χ2n) is 10.5. The highest BCUT2D eigenvalue weighted by molar-refractivity contribution is 6.03. The van der Waals surface area contributed by atoms with Crippen molar-refractivity contribution in [1.29, 1.82) is 0 Å². The number of allylic oxidation sites excluding steroid dienone is 1. The standard InChI is InChI=1S/C30H37N5O7/c1-30(2)10-9-19-17-22(37-3)23(18-20(19)30)42-24-8-7-21(41-24)26(36)32-25-27(38-4)33-29(34-28(25)39-5)31-11-6-12-35-13-15-40-16-14-35/h7-10,17-18H,6,11-16H2,1-5H3,(H,32,36)(H,31,33,34). The minimum Gasteiger partial charge on any atom is -0.493 e. The summed E-state index contributed by atoms with van der Waals surface area (Å²) >= 11 is 0. The first-order valence-corrected chi connectivity index (χ1v) is 13.9. The lowest BCUT2D eigenvalue weighted by atomic mass is 9.87. The van der Waals surface area contributed by atoms with Crippen molar-refractivity contribution in [2.45, 2.75) is 25.7 Å². The fourth-order valence-corrected chi connectivity index (χ4v) is 4.91. The molecule has 1 aliphatic heterocycles. The Morgan fingerprint density at radius 3 is 2.45 bits per heavy atom. The van der Waals surface area contributed by atoms with Gasteiger partial charge in [0.2, 0.25) is 17.7 Å². The number of carbonyl (C=O) groups is 1. The zero-order chi connectivity index (χ0) is 29.7. The molecule has 42 heavy (non-hydrogen) atoms. The van der Waals surface area contributed by atoms with Crippen molar-refractivity contribution in [3.05, 3.63) is 47.2 Å². The van der Waals surface area contributed by atoms with Gasteiger partial charge in [0.15, 0.2) is 22.9 Å². The number of furan rings is 1. The van der Waals surface area contributed by atoms with Gasteiger partial charge in [-0.25, -0.2) is 0 Å². The molecular formula is C30H37N5O7. The molecular weight excluding hydrogens is 542 g/mol. The monoisotopic (exact) mass is 579 g/mol. The molecule has 2 N–H and O–H groups in total. The van der Waals surface area contributed by atoms with Crippen LogP contribution in [0.3, 0.4) is 0 Å². The maximum absolute atomic E-state index is 13.1. The number of methoxy groups -OCH3 is 3. The van der Waals surface area contributed by atoms with E-state index in [-0.39, 0.29) is 34.6 Å². The lowest BCUT2D eigenvalue weighted by molar-refractivity contribution is 0.0378. The minimum absolute atomic E-state index is 0.0153. The molecule has 1 fully saturated rings. The smallest absolute Gasteiger partial charge is 0.291 e. The quantitative estimate of drug-likeness (QED) is 0.293. The number of nitrogens with one attached hydrogen (secondary N) is 2. The molecule has 12 nitrogen and oxygen atoms in total. The lowest BCUT2D eigenvalue weighted by Crippen LogP contribution is -2.37. The molecule has 0 bridgehead atoms. The third kappa shape index (κ3) is 6.44. The maximum atomic E-state index is 13.1. The average Bonchev–Trinajstić information content (AvgIpc) is 3.59. The third-order valence-corrected chi connectivity index (χ3v) is 7.23. The summed E-state index contributed by atoms with van der Waals surface area (Å²) in [5, 5.41) is 5.94. The summed E-state index contributed by atoms with van der Waals surface area (Å²) in [5.74, 6) is 1.26. The van der Waals surface area contributed by atoms with E-state index >= 15 is 0 Å². The molecule has 1 aromatic carbocycles. The molecule has 2 aromatic heterocycles. The number of aromatic nitrogens is 2. The Morgan fingerprint density at radius 2 is 1.76 bits per heavy atom. The highest BCUT2D eigenvalue weighted by Crippen LogP contribution is 2.43. The van der Waals surface area contributed by atoms with E-state index < -0.39 is 5.91 Å². The second-order valence-corrected chi connectivity index (χ2v) is 10.5. The first-order chi connectivity index (χ1) is 20.3. The van der Waals surface area contributed by atoms with Crippen LogP contribution in [0.15, 0.2) is 34.8 Å². The fraction of sp³-hybridized carbons (Fsp3) is 0.433. The van der Waals surface area contributed by atoms with Crippen LogP contribution in [0.4, 0.5) is 11.6 Å². The first-order valence-electron chi connectivity index (χ1n) is 13.9. The Labute approximate surface area is 245 Å². The number of carbonyl (C=O) groups excluding carboxylic acids is 1. The van der Waals surface area contributed by atoms with Gasteiger partial charge >= 0.3 is 0 Å². The molecule has 0 radical (unpaired) electrons. The summed E-state index contributed by atoms with van der Waals surface area (Å²) in [4.78, 5) is 24.3. The van der Waals surface area contributed by atoms with Crippen molar-refractivity contribution < 1.29 is 32.9 Å². The van der Waals surface area contributed by atoms with Crippen LogP contribution < -0.4 is 29.6 Å².